The summed E-state index contributed by atoms with van der Waals surface area (Å²) in [5, 5.41) is 0. The molecule has 0 radical (unpaired) electrons. The van der Waals surface area contributed by atoms with E-state index in [9.17, 15) is 13.2 Å². The van der Waals surface area contributed by atoms with Gasteiger partial charge in [-0.15, -0.1) is 0 Å². The van der Waals surface area contributed by atoms with Gasteiger partial charge in [0.1, 0.15) is 5.75 Å². The molecule has 1 rings (SSSR count). The summed E-state index contributed by atoms with van der Waals surface area (Å²) in [4.78, 5) is 3.68. The maximum absolute atomic E-state index is 11.7. The van der Waals surface area contributed by atoms with Gasteiger partial charge in [-0.2, -0.15) is 13.2 Å². The van der Waals surface area contributed by atoms with E-state index in [0.29, 0.717) is 4.47 Å². The predicted octanol–water partition coefficient (Wildman–Crippen LogP) is 2.79. The van der Waals surface area contributed by atoms with Gasteiger partial charge in [0, 0.05) is 12.4 Å². The molecular formula is C7H5BrF3NO. The molecule has 0 atom stereocenters. The SMILES string of the molecule is FC(F)(F)COc1ccncc1Br. The molecule has 0 aliphatic carbocycles. The smallest absolute Gasteiger partial charge is 0.422 e. The Bertz CT molecular complexity index is 289. The number of hydrogen-bond acceptors (Lipinski definition) is 2. The summed E-state index contributed by atoms with van der Waals surface area (Å²) < 4.78 is 40.0. The minimum atomic E-state index is -4.32. The minimum Gasteiger partial charge on any atom is -0.483 e. The summed E-state index contributed by atoms with van der Waals surface area (Å²) in [6, 6.07) is 1.36. The molecule has 72 valence electrons. The average molecular weight is 256 g/mol. The maximum Gasteiger partial charge on any atom is 0.422 e. The van der Waals surface area contributed by atoms with E-state index in [1.165, 1.54) is 18.5 Å². The van der Waals surface area contributed by atoms with Crippen LogP contribution < -0.4 is 4.74 Å². The van der Waals surface area contributed by atoms with E-state index in [1.54, 1.807) is 0 Å². The fraction of sp³-hybridized carbons (Fsp3) is 0.286. The van der Waals surface area contributed by atoms with Gasteiger partial charge in [0.05, 0.1) is 4.47 Å². The van der Waals surface area contributed by atoms with Crippen molar-refractivity contribution < 1.29 is 17.9 Å². The van der Waals surface area contributed by atoms with Crippen molar-refractivity contribution >= 4 is 15.9 Å². The van der Waals surface area contributed by atoms with Crippen LogP contribution >= 0.6 is 15.9 Å². The van der Waals surface area contributed by atoms with Crippen LogP contribution in [0, 0.1) is 0 Å². The third kappa shape index (κ3) is 3.63. The quantitative estimate of drug-likeness (QED) is 0.811. The Balaban J connectivity index is 2.60. The number of ether oxygens (including phenoxy) is 1. The van der Waals surface area contributed by atoms with Gasteiger partial charge in [-0.25, -0.2) is 0 Å². The zero-order chi connectivity index (χ0) is 9.90. The first-order valence-electron chi connectivity index (χ1n) is 3.28. The topological polar surface area (TPSA) is 22.1 Å². The Morgan fingerprint density at radius 3 is 2.69 bits per heavy atom. The van der Waals surface area contributed by atoms with Gasteiger partial charge in [-0.1, -0.05) is 0 Å². The Morgan fingerprint density at radius 1 is 1.46 bits per heavy atom. The van der Waals surface area contributed by atoms with Gasteiger partial charge in [-0.05, 0) is 22.0 Å². The highest BCUT2D eigenvalue weighted by Gasteiger charge is 2.28. The molecule has 0 aliphatic rings. The van der Waals surface area contributed by atoms with Crippen LogP contribution in [0.3, 0.4) is 0 Å². The molecule has 1 aromatic heterocycles. The molecule has 6 heteroatoms. The second kappa shape index (κ2) is 3.95. The lowest BCUT2D eigenvalue weighted by atomic mass is 10.4. The van der Waals surface area contributed by atoms with Crippen molar-refractivity contribution in [3.63, 3.8) is 0 Å². The van der Waals surface area contributed by atoms with Gasteiger partial charge in [-0.3, -0.25) is 4.98 Å². The Kier molecular flexibility index (Phi) is 3.13. The van der Waals surface area contributed by atoms with Gasteiger partial charge in [0.15, 0.2) is 6.61 Å². The monoisotopic (exact) mass is 255 g/mol. The second-order valence-corrected chi connectivity index (χ2v) is 3.06. The summed E-state index contributed by atoms with van der Waals surface area (Å²) >= 11 is 3.01. The van der Waals surface area contributed by atoms with E-state index < -0.39 is 12.8 Å². The van der Waals surface area contributed by atoms with Crippen molar-refractivity contribution in [1.29, 1.82) is 0 Å². The van der Waals surface area contributed by atoms with Crippen molar-refractivity contribution in [3.8, 4) is 5.75 Å². The molecule has 0 saturated heterocycles. The van der Waals surface area contributed by atoms with Crippen LogP contribution in [0.5, 0.6) is 5.75 Å². The fourth-order valence-corrected chi connectivity index (χ4v) is 1.00. The molecule has 0 aliphatic heterocycles. The van der Waals surface area contributed by atoms with Crippen molar-refractivity contribution in [2.45, 2.75) is 6.18 Å². The van der Waals surface area contributed by atoms with Gasteiger partial charge in [0.25, 0.3) is 0 Å². The Labute approximate surface area is 80.9 Å². The van der Waals surface area contributed by atoms with E-state index in [4.69, 9.17) is 0 Å². The molecule has 2 nitrogen and oxygen atoms in total. The van der Waals surface area contributed by atoms with Crippen LogP contribution in [0.15, 0.2) is 22.9 Å². The maximum atomic E-state index is 11.7. The normalized spacial score (nSPS) is 11.4. The summed E-state index contributed by atoms with van der Waals surface area (Å²) in [5.74, 6) is 0.132. The van der Waals surface area contributed by atoms with Crippen molar-refractivity contribution in [2.24, 2.45) is 0 Å². The highest BCUT2D eigenvalue weighted by molar-refractivity contribution is 9.10. The lowest BCUT2D eigenvalue weighted by molar-refractivity contribution is -0.153. The molecular weight excluding hydrogens is 251 g/mol. The molecule has 0 amide bonds. The van der Waals surface area contributed by atoms with Crippen molar-refractivity contribution in [2.75, 3.05) is 6.61 Å². The van der Waals surface area contributed by atoms with Gasteiger partial charge in [0.2, 0.25) is 0 Å². The lowest BCUT2D eigenvalue weighted by Crippen LogP contribution is -2.19. The molecule has 0 spiro atoms. The largest absolute Gasteiger partial charge is 0.483 e. The number of rotatable bonds is 2. The third-order valence-electron chi connectivity index (χ3n) is 1.13. The fourth-order valence-electron chi connectivity index (χ4n) is 0.639. The van der Waals surface area contributed by atoms with Crippen molar-refractivity contribution in [3.05, 3.63) is 22.9 Å². The van der Waals surface area contributed by atoms with Gasteiger partial charge < -0.3 is 4.74 Å². The molecule has 13 heavy (non-hydrogen) atoms. The first-order valence-corrected chi connectivity index (χ1v) is 4.07. The first kappa shape index (κ1) is 10.3. The van der Waals surface area contributed by atoms with Crippen LogP contribution in [0.4, 0.5) is 13.2 Å². The zero-order valence-electron chi connectivity index (χ0n) is 6.31. The number of alkyl halides is 3. The van der Waals surface area contributed by atoms with Crippen LogP contribution in [0.1, 0.15) is 0 Å². The number of hydrogen-bond donors (Lipinski definition) is 0. The van der Waals surface area contributed by atoms with Crippen LogP contribution in [-0.2, 0) is 0 Å². The van der Waals surface area contributed by atoms with Crippen molar-refractivity contribution in [1.82, 2.24) is 4.98 Å². The number of pyridine rings is 1. The van der Waals surface area contributed by atoms with E-state index >= 15 is 0 Å². The average Bonchev–Trinajstić information content (AvgIpc) is 2.01. The number of aromatic nitrogens is 1. The highest BCUT2D eigenvalue weighted by atomic mass is 79.9. The van der Waals surface area contributed by atoms with E-state index in [2.05, 4.69) is 25.7 Å². The summed E-state index contributed by atoms with van der Waals surface area (Å²) in [6.07, 6.45) is -1.59. The van der Waals surface area contributed by atoms with E-state index in [0.717, 1.165) is 0 Å². The van der Waals surface area contributed by atoms with E-state index in [-0.39, 0.29) is 5.75 Å². The van der Waals surface area contributed by atoms with E-state index in [1.807, 2.05) is 0 Å². The van der Waals surface area contributed by atoms with Crippen LogP contribution in [0.25, 0.3) is 0 Å². The first-order chi connectivity index (χ1) is 5.99. The Morgan fingerprint density at radius 2 is 2.15 bits per heavy atom. The molecule has 0 saturated carbocycles. The second-order valence-electron chi connectivity index (χ2n) is 2.21. The Hall–Kier alpha value is -0.780. The summed E-state index contributed by atoms with van der Waals surface area (Å²) in [5.41, 5.74) is 0. The lowest BCUT2D eigenvalue weighted by Gasteiger charge is -2.09. The minimum absolute atomic E-state index is 0.132. The van der Waals surface area contributed by atoms with Crippen LogP contribution in [-0.4, -0.2) is 17.8 Å². The molecule has 0 unspecified atom stereocenters. The predicted molar refractivity (Wildman–Crippen MR) is 43.5 cm³/mol. The summed E-state index contributed by atoms with van der Waals surface area (Å²) in [7, 11) is 0. The molecule has 0 aromatic carbocycles. The third-order valence-corrected chi connectivity index (χ3v) is 1.72. The molecule has 1 heterocycles. The van der Waals surface area contributed by atoms with Gasteiger partial charge >= 0.3 is 6.18 Å². The summed E-state index contributed by atoms with van der Waals surface area (Å²) in [6.45, 7) is -1.30. The molecule has 0 fully saturated rings. The highest BCUT2D eigenvalue weighted by Crippen LogP contribution is 2.25. The molecule has 0 N–H and O–H groups in total. The molecule has 0 bridgehead atoms. The zero-order valence-corrected chi connectivity index (χ0v) is 7.89. The molecule has 1 aromatic rings. The van der Waals surface area contributed by atoms with Crippen LogP contribution in [0.2, 0.25) is 0 Å². The number of nitrogens with zero attached hydrogens (tertiary/aromatic N) is 1. The standard InChI is InChI=1S/C7H5BrF3NO/c8-5-3-12-2-1-6(5)13-4-7(9,10)11/h1-3H,4H2. The number of halogens is 4.